The van der Waals surface area contributed by atoms with Gasteiger partial charge in [-0.25, -0.2) is 9.59 Å². The summed E-state index contributed by atoms with van der Waals surface area (Å²) in [5.74, 6) is -1.08. The van der Waals surface area contributed by atoms with E-state index in [9.17, 15) is 14.7 Å². The minimum absolute atomic E-state index is 0.0695. The molecule has 21 heavy (non-hydrogen) atoms. The zero-order chi connectivity index (χ0) is 15.4. The third-order valence-corrected chi connectivity index (χ3v) is 3.06. The van der Waals surface area contributed by atoms with Crippen molar-refractivity contribution in [3.05, 3.63) is 47.3 Å². The molecule has 2 rings (SSSR count). The first-order valence-corrected chi connectivity index (χ1v) is 6.31. The van der Waals surface area contributed by atoms with Crippen LogP contribution in [0.5, 0.6) is 0 Å². The van der Waals surface area contributed by atoms with Crippen molar-refractivity contribution >= 4 is 17.7 Å². The molecule has 0 spiro atoms. The summed E-state index contributed by atoms with van der Waals surface area (Å²) in [6.45, 7) is 2.12. The number of rotatable bonds is 4. The number of H-pyrrole nitrogens is 1. The highest BCUT2D eigenvalue weighted by Crippen LogP contribution is 2.21. The van der Waals surface area contributed by atoms with Crippen molar-refractivity contribution in [1.82, 2.24) is 15.1 Å². The molecule has 1 heterocycles. The van der Waals surface area contributed by atoms with E-state index in [2.05, 4.69) is 15.5 Å². The van der Waals surface area contributed by atoms with E-state index in [1.807, 2.05) is 0 Å². The average Bonchev–Trinajstić information content (AvgIpc) is 2.93. The van der Waals surface area contributed by atoms with Gasteiger partial charge in [0.1, 0.15) is 0 Å². The van der Waals surface area contributed by atoms with Gasteiger partial charge in [-0.1, -0.05) is 12.1 Å². The summed E-state index contributed by atoms with van der Waals surface area (Å²) in [6, 6.07) is 4.47. The molecule has 0 unspecified atom stereocenters. The first kappa shape index (κ1) is 14.6. The van der Waals surface area contributed by atoms with Gasteiger partial charge in [-0.15, -0.1) is 0 Å². The molecule has 0 radical (unpaired) electrons. The Balaban J connectivity index is 2.14. The number of carboxylic acids is 1. The molecule has 1 aromatic heterocycles. The third kappa shape index (κ3) is 3.38. The maximum absolute atomic E-state index is 12.2. The molecule has 0 bridgehead atoms. The van der Waals surface area contributed by atoms with Crippen LogP contribution in [0.15, 0.2) is 30.6 Å². The lowest BCUT2D eigenvalue weighted by atomic mass is 10.1. The molecule has 0 aliphatic heterocycles. The molecular formula is C14H16N4O3. The Bertz CT molecular complexity index is 652. The van der Waals surface area contributed by atoms with Gasteiger partial charge < -0.3 is 15.3 Å². The van der Waals surface area contributed by atoms with Crippen LogP contribution >= 0.6 is 0 Å². The fourth-order valence-electron chi connectivity index (χ4n) is 1.92. The Morgan fingerprint density at radius 1 is 1.43 bits per heavy atom. The Kier molecular flexibility index (Phi) is 4.22. The van der Waals surface area contributed by atoms with Crippen LogP contribution in [0.3, 0.4) is 0 Å². The van der Waals surface area contributed by atoms with Crippen LogP contribution in [-0.2, 0) is 6.54 Å². The van der Waals surface area contributed by atoms with Gasteiger partial charge in [0.05, 0.1) is 24.0 Å². The second kappa shape index (κ2) is 6.08. The molecule has 2 amide bonds. The summed E-state index contributed by atoms with van der Waals surface area (Å²) < 4.78 is 0. The minimum atomic E-state index is -1.08. The van der Waals surface area contributed by atoms with Gasteiger partial charge in [0.15, 0.2) is 0 Å². The Hall–Kier alpha value is -2.83. The number of hydrogen-bond donors (Lipinski definition) is 3. The second-order valence-electron chi connectivity index (χ2n) is 4.70. The van der Waals surface area contributed by atoms with Gasteiger partial charge in [-0.05, 0) is 18.6 Å². The summed E-state index contributed by atoms with van der Waals surface area (Å²) in [5, 5.41) is 18.3. The predicted molar refractivity (Wildman–Crippen MR) is 77.2 cm³/mol. The fraction of sp³-hybridized carbons (Fsp3) is 0.214. The van der Waals surface area contributed by atoms with E-state index in [-0.39, 0.29) is 11.6 Å². The highest BCUT2D eigenvalue weighted by molar-refractivity contribution is 6.00. The number of anilines is 1. The summed E-state index contributed by atoms with van der Waals surface area (Å²) in [7, 11) is 1.63. The van der Waals surface area contributed by atoms with Gasteiger partial charge in [-0.3, -0.25) is 5.10 Å². The van der Waals surface area contributed by atoms with E-state index in [1.54, 1.807) is 38.5 Å². The number of amides is 2. The number of nitrogens with one attached hydrogen (secondary N) is 2. The lowest BCUT2D eigenvalue weighted by Gasteiger charge is -2.19. The number of carbonyl (C=O) groups is 2. The third-order valence-electron chi connectivity index (χ3n) is 3.06. The topological polar surface area (TPSA) is 98.3 Å². The Morgan fingerprint density at radius 3 is 2.81 bits per heavy atom. The second-order valence-corrected chi connectivity index (χ2v) is 4.70. The van der Waals surface area contributed by atoms with Crippen molar-refractivity contribution < 1.29 is 14.7 Å². The number of benzene rings is 1. The number of hydrogen-bond acceptors (Lipinski definition) is 3. The number of para-hydroxylation sites is 1. The van der Waals surface area contributed by atoms with Crippen molar-refractivity contribution in [3.63, 3.8) is 0 Å². The zero-order valence-corrected chi connectivity index (χ0v) is 11.8. The van der Waals surface area contributed by atoms with Crippen LogP contribution in [0.25, 0.3) is 0 Å². The van der Waals surface area contributed by atoms with Crippen molar-refractivity contribution in [2.24, 2.45) is 0 Å². The van der Waals surface area contributed by atoms with Crippen LogP contribution in [-0.4, -0.2) is 39.3 Å². The monoisotopic (exact) mass is 288 g/mol. The normalized spacial score (nSPS) is 10.2. The number of carbonyl (C=O) groups excluding carboxylic acids is 1. The van der Waals surface area contributed by atoms with E-state index in [0.717, 1.165) is 5.56 Å². The van der Waals surface area contributed by atoms with Gasteiger partial charge in [-0.2, -0.15) is 5.10 Å². The number of aromatic nitrogens is 2. The number of aromatic amines is 1. The van der Waals surface area contributed by atoms with E-state index >= 15 is 0 Å². The lowest BCUT2D eigenvalue weighted by molar-refractivity contribution is 0.0698. The molecule has 2 aromatic rings. The molecule has 0 saturated heterocycles. The van der Waals surface area contributed by atoms with Crippen molar-refractivity contribution in [2.45, 2.75) is 13.5 Å². The van der Waals surface area contributed by atoms with Crippen molar-refractivity contribution in [2.75, 3.05) is 12.4 Å². The molecule has 0 aliphatic carbocycles. The maximum atomic E-state index is 12.2. The number of carboxylic acid groups (broad SMARTS) is 1. The van der Waals surface area contributed by atoms with Crippen LogP contribution in [0.4, 0.5) is 10.5 Å². The molecule has 0 fully saturated rings. The number of aryl methyl sites for hydroxylation is 1. The van der Waals surface area contributed by atoms with E-state index in [4.69, 9.17) is 0 Å². The molecular weight excluding hydrogens is 272 g/mol. The lowest BCUT2D eigenvalue weighted by Crippen LogP contribution is -2.31. The van der Waals surface area contributed by atoms with Gasteiger partial charge in [0.25, 0.3) is 0 Å². The van der Waals surface area contributed by atoms with Crippen LogP contribution in [0.1, 0.15) is 21.5 Å². The summed E-state index contributed by atoms with van der Waals surface area (Å²) in [4.78, 5) is 24.8. The van der Waals surface area contributed by atoms with Gasteiger partial charge in [0.2, 0.25) is 0 Å². The molecule has 0 atom stereocenters. The molecule has 0 saturated carbocycles. The van der Waals surface area contributed by atoms with Gasteiger partial charge >= 0.3 is 12.0 Å². The quantitative estimate of drug-likeness (QED) is 0.802. The molecule has 7 nitrogen and oxygen atoms in total. The first-order valence-electron chi connectivity index (χ1n) is 6.31. The molecule has 1 aromatic carbocycles. The minimum Gasteiger partial charge on any atom is -0.478 e. The Labute approximate surface area is 121 Å². The van der Waals surface area contributed by atoms with E-state index < -0.39 is 5.97 Å². The number of aromatic carboxylic acids is 1. The number of nitrogens with zero attached hydrogens (tertiary/aromatic N) is 2. The standard InChI is InChI=1S/C14H16N4O3/c1-9-4-3-5-11(13(19)20)12(9)17-14(21)18(2)8-10-6-15-16-7-10/h3-7H,8H2,1-2H3,(H,15,16)(H,17,21)(H,19,20). The SMILES string of the molecule is Cc1cccc(C(=O)O)c1NC(=O)N(C)Cc1cn[nH]c1. The van der Waals surface area contributed by atoms with Crippen LogP contribution < -0.4 is 5.32 Å². The van der Waals surface area contributed by atoms with E-state index in [0.29, 0.717) is 17.8 Å². The largest absolute Gasteiger partial charge is 0.478 e. The zero-order valence-electron chi connectivity index (χ0n) is 11.8. The highest BCUT2D eigenvalue weighted by atomic mass is 16.4. The number of urea groups is 1. The molecule has 7 heteroatoms. The molecule has 3 N–H and O–H groups in total. The Morgan fingerprint density at radius 2 is 2.19 bits per heavy atom. The highest BCUT2D eigenvalue weighted by Gasteiger charge is 2.16. The molecule has 110 valence electrons. The average molecular weight is 288 g/mol. The van der Waals surface area contributed by atoms with Crippen LogP contribution in [0, 0.1) is 6.92 Å². The smallest absolute Gasteiger partial charge is 0.337 e. The maximum Gasteiger partial charge on any atom is 0.337 e. The predicted octanol–water partition coefficient (Wildman–Crippen LogP) is 2.08. The summed E-state index contributed by atoms with van der Waals surface area (Å²) in [6.07, 6.45) is 3.32. The first-order chi connectivity index (χ1) is 9.99. The van der Waals surface area contributed by atoms with Crippen molar-refractivity contribution in [1.29, 1.82) is 0 Å². The summed E-state index contributed by atoms with van der Waals surface area (Å²) >= 11 is 0. The molecule has 0 aliphatic rings. The van der Waals surface area contributed by atoms with Crippen molar-refractivity contribution in [3.8, 4) is 0 Å². The summed E-state index contributed by atoms with van der Waals surface area (Å²) in [5.41, 5.74) is 1.94. The fourth-order valence-corrected chi connectivity index (χ4v) is 1.92. The van der Waals surface area contributed by atoms with E-state index in [1.165, 1.54) is 11.0 Å². The van der Waals surface area contributed by atoms with Crippen LogP contribution in [0.2, 0.25) is 0 Å². The van der Waals surface area contributed by atoms with Gasteiger partial charge in [0, 0.05) is 18.8 Å².